The molecule has 1 heterocycles. The summed E-state index contributed by atoms with van der Waals surface area (Å²) in [7, 11) is 0. The highest BCUT2D eigenvalue weighted by molar-refractivity contribution is 5.96. The minimum atomic E-state index is 0.368. The first-order valence-electron chi connectivity index (χ1n) is 18.7. The maximum atomic E-state index is 2.49. The highest BCUT2D eigenvalue weighted by Crippen LogP contribution is 2.47. The van der Waals surface area contributed by atoms with E-state index in [-0.39, 0.29) is 0 Å². The first-order valence-corrected chi connectivity index (χ1v) is 18.7. The zero-order chi connectivity index (χ0) is 34.6. The molecule has 2 nitrogen and oxygen atoms in total. The number of nitrogens with zero attached hydrogens (tertiary/aromatic N) is 2. The highest BCUT2D eigenvalue weighted by Gasteiger charge is 2.27. The zero-order valence-electron chi connectivity index (χ0n) is 29.5. The fourth-order valence-electron chi connectivity index (χ4n) is 8.84. The third-order valence-corrected chi connectivity index (χ3v) is 11.5. The Morgan fingerprint density at radius 3 is 2.12 bits per heavy atom. The topological polar surface area (TPSA) is 8.17 Å². The minimum Gasteiger partial charge on any atom is -0.314 e. The number of aromatic nitrogens is 1. The molecule has 7 aromatic rings. The predicted octanol–water partition coefficient (Wildman–Crippen LogP) is 13.3. The normalized spacial score (nSPS) is 15.8. The van der Waals surface area contributed by atoms with Crippen LogP contribution in [0.25, 0.3) is 50.5 Å². The van der Waals surface area contributed by atoms with Crippen LogP contribution < -0.4 is 4.90 Å². The number of para-hydroxylation sites is 1. The summed E-state index contributed by atoms with van der Waals surface area (Å²) in [4.78, 5) is 2.49. The Hall–Kier alpha value is -6.12. The van der Waals surface area contributed by atoms with Crippen LogP contribution in [0, 0.1) is 0 Å². The van der Waals surface area contributed by atoms with Crippen molar-refractivity contribution >= 4 is 33.9 Å². The van der Waals surface area contributed by atoms with Gasteiger partial charge in [-0.3, -0.25) is 0 Å². The van der Waals surface area contributed by atoms with Crippen molar-refractivity contribution in [2.24, 2.45) is 0 Å². The standard InChI is InChI=1S/C50H40N2/c1-34-43-16-8-9-17-44(43)45-30-29-42(33-47(34)45)51(40-25-20-36(21-26-40)35-12-4-2-5-13-35)41-27-22-37(23-28-41)38-24-31-50-48(32-38)46-18-10-11-19-49(46)52(50)39-14-6-3-7-15-39/h2-10,12-18,20,22-25,27-34H,11,19,21,26H2,1H3. The molecule has 0 amide bonds. The molecule has 0 aliphatic heterocycles. The molecule has 1 unspecified atom stereocenters. The van der Waals surface area contributed by atoms with Gasteiger partial charge < -0.3 is 9.47 Å². The summed E-state index contributed by atoms with van der Waals surface area (Å²) in [6.07, 6.45) is 13.4. The molecule has 0 spiro atoms. The Labute approximate surface area is 306 Å². The molecule has 52 heavy (non-hydrogen) atoms. The van der Waals surface area contributed by atoms with Crippen LogP contribution in [-0.4, -0.2) is 4.57 Å². The molecule has 250 valence electrons. The number of hydrogen-bond acceptors (Lipinski definition) is 1. The molecule has 1 atom stereocenters. The van der Waals surface area contributed by atoms with Crippen LogP contribution in [0.5, 0.6) is 0 Å². The lowest BCUT2D eigenvalue weighted by Gasteiger charge is -2.30. The monoisotopic (exact) mass is 668 g/mol. The van der Waals surface area contributed by atoms with Gasteiger partial charge in [0, 0.05) is 45.3 Å². The first-order chi connectivity index (χ1) is 25.7. The molecule has 0 N–H and O–H groups in total. The van der Waals surface area contributed by atoms with E-state index in [0.717, 1.165) is 25.7 Å². The van der Waals surface area contributed by atoms with E-state index in [0.29, 0.717) is 5.92 Å². The maximum Gasteiger partial charge on any atom is 0.0538 e. The zero-order valence-corrected chi connectivity index (χ0v) is 29.5. The van der Waals surface area contributed by atoms with Gasteiger partial charge in [0.15, 0.2) is 0 Å². The lowest BCUT2D eigenvalue weighted by atomic mass is 9.94. The molecule has 0 radical (unpaired) electrons. The summed E-state index contributed by atoms with van der Waals surface area (Å²) in [5, 5.41) is 1.32. The van der Waals surface area contributed by atoms with Crippen molar-refractivity contribution in [3.63, 3.8) is 0 Å². The molecule has 2 heteroatoms. The molecule has 10 rings (SSSR count). The Morgan fingerprint density at radius 2 is 1.31 bits per heavy atom. The number of rotatable bonds is 6. The van der Waals surface area contributed by atoms with Gasteiger partial charge in [-0.2, -0.15) is 0 Å². The number of hydrogen-bond donors (Lipinski definition) is 0. The van der Waals surface area contributed by atoms with Gasteiger partial charge in [0.2, 0.25) is 0 Å². The summed E-state index contributed by atoms with van der Waals surface area (Å²) in [6, 6.07) is 53.8. The van der Waals surface area contributed by atoms with E-state index >= 15 is 0 Å². The summed E-state index contributed by atoms with van der Waals surface area (Å²) < 4.78 is 2.46. The second kappa shape index (κ2) is 12.6. The highest BCUT2D eigenvalue weighted by atomic mass is 15.1. The third-order valence-electron chi connectivity index (χ3n) is 11.5. The van der Waals surface area contributed by atoms with E-state index < -0.39 is 0 Å². The van der Waals surface area contributed by atoms with E-state index in [1.54, 1.807) is 0 Å². The number of fused-ring (bicyclic) bond motifs is 6. The summed E-state index contributed by atoms with van der Waals surface area (Å²) >= 11 is 0. The third kappa shape index (κ3) is 5.09. The molecular weight excluding hydrogens is 629 g/mol. The van der Waals surface area contributed by atoms with Gasteiger partial charge in [-0.15, -0.1) is 0 Å². The fraction of sp³-hybridized carbons (Fsp3) is 0.120. The quantitative estimate of drug-likeness (QED) is 0.171. The van der Waals surface area contributed by atoms with E-state index in [4.69, 9.17) is 0 Å². The lowest BCUT2D eigenvalue weighted by Crippen LogP contribution is -2.18. The largest absolute Gasteiger partial charge is 0.314 e. The van der Waals surface area contributed by atoms with Crippen LogP contribution in [0.2, 0.25) is 0 Å². The Kier molecular flexibility index (Phi) is 7.42. The van der Waals surface area contributed by atoms with Crippen LogP contribution in [0.15, 0.2) is 170 Å². The predicted molar refractivity (Wildman–Crippen MR) is 219 cm³/mol. The van der Waals surface area contributed by atoms with Crippen LogP contribution in [0.1, 0.15) is 60.1 Å². The number of benzene rings is 6. The molecule has 0 fully saturated rings. The average Bonchev–Trinajstić information content (AvgIpc) is 3.70. The molecule has 6 aromatic carbocycles. The van der Waals surface area contributed by atoms with Gasteiger partial charge >= 0.3 is 0 Å². The van der Waals surface area contributed by atoms with Crippen molar-refractivity contribution in [1.82, 2.24) is 4.57 Å². The molecule has 3 aliphatic carbocycles. The van der Waals surface area contributed by atoms with Gasteiger partial charge in [-0.25, -0.2) is 0 Å². The first kappa shape index (κ1) is 30.7. The summed E-state index contributed by atoms with van der Waals surface area (Å²) in [5.41, 5.74) is 19.7. The lowest BCUT2D eigenvalue weighted by molar-refractivity contribution is 0.888. The van der Waals surface area contributed by atoms with Crippen LogP contribution in [-0.2, 0) is 6.42 Å². The van der Waals surface area contributed by atoms with Gasteiger partial charge in [0.05, 0.1) is 5.52 Å². The van der Waals surface area contributed by atoms with E-state index in [9.17, 15) is 0 Å². The van der Waals surface area contributed by atoms with Crippen molar-refractivity contribution in [3.05, 3.63) is 197 Å². The van der Waals surface area contributed by atoms with Crippen molar-refractivity contribution in [2.45, 2.75) is 38.5 Å². The van der Waals surface area contributed by atoms with Gasteiger partial charge in [0.25, 0.3) is 0 Å². The van der Waals surface area contributed by atoms with Gasteiger partial charge in [-0.05, 0) is 125 Å². The van der Waals surface area contributed by atoms with Crippen LogP contribution in [0.3, 0.4) is 0 Å². The Morgan fingerprint density at radius 1 is 0.577 bits per heavy atom. The van der Waals surface area contributed by atoms with Crippen molar-refractivity contribution in [3.8, 4) is 27.9 Å². The second-order valence-electron chi connectivity index (χ2n) is 14.4. The fourth-order valence-corrected chi connectivity index (χ4v) is 8.84. The summed E-state index contributed by atoms with van der Waals surface area (Å²) in [6.45, 7) is 2.35. The number of anilines is 2. The molecule has 1 aromatic heterocycles. The van der Waals surface area contributed by atoms with Crippen molar-refractivity contribution in [1.29, 1.82) is 0 Å². The van der Waals surface area contributed by atoms with Crippen LogP contribution in [0.4, 0.5) is 11.4 Å². The maximum absolute atomic E-state index is 2.49. The van der Waals surface area contributed by atoms with Crippen molar-refractivity contribution in [2.75, 3.05) is 4.90 Å². The molecule has 0 saturated carbocycles. The Balaban J connectivity index is 1.05. The Bertz CT molecular complexity index is 2560. The SMILES string of the molecule is CC1c2ccccc2-c2ccc(N(C3=CC=C(c4ccccc4)CC3)c3ccc(-c4ccc5c(c4)c4c(n5-c5ccccc5)CCC=C4)cc3)cc21. The van der Waals surface area contributed by atoms with Gasteiger partial charge in [-0.1, -0.05) is 122 Å². The van der Waals surface area contributed by atoms with E-state index in [2.05, 4.69) is 186 Å². The van der Waals surface area contributed by atoms with Crippen LogP contribution >= 0.6 is 0 Å². The summed E-state index contributed by atoms with van der Waals surface area (Å²) in [5.74, 6) is 0.368. The molecular formula is C50H40N2. The molecule has 0 saturated heterocycles. The molecule has 0 bridgehead atoms. The van der Waals surface area contributed by atoms with E-state index in [1.165, 1.54) is 89.4 Å². The molecule has 3 aliphatic rings. The smallest absolute Gasteiger partial charge is 0.0538 e. The van der Waals surface area contributed by atoms with Gasteiger partial charge in [0.1, 0.15) is 0 Å². The average molecular weight is 669 g/mol. The second-order valence-corrected chi connectivity index (χ2v) is 14.4. The van der Waals surface area contributed by atoms with Crippen molar-refractivity contribution < 1.29 is 0 Å². The van der Waals surface area contributed by atoms with E-state index in [1.807, 2.05) is 0 Å². The number of allylic oxidation sites excluding steroid dienone is 5. The minimum absolute atomic E-state index is 0.368.